The molecule has 4 nitrogen and oxygen atoms in total. The van der Waals surface area contributed by atoms with Gasteiger partial charge in [0.25, 0.3) is 0 Å². The van der Waals surface area contributed by atoms with Gasteiger partial charge in [-0.3, -0.25) is 0 Å². The van der Waals surface area contributed by atoms with Gasteiger partial charge >= 0.3 is 6.09 Å². The first kappa shape index (κ1) is 15.5. The lowest BCUT2D eigenvalue weighted by atomic mass is 9.88. The van der Waals surface area contributed by atoms with E-state index < -0.39 is 5.60 Å². The zero-order chi connectivity index (χ0) is 11.7. The van der Waals surface area contributed by atoms with Gasteiger partial charge in [0.2, 0.25) is 0 Å². The maximum absolute atomic E-state index is 11.5. The van der Waals surface area contributed by atoms with Crippen LogP contribution in [0.3, 0.4) is 0 Å². The summed E-state index contributed by atoms with van der Waals surface area (Å²) in [4.78, 5) is 11.5. The molecule has 1 saturated heterocycles. The topological polar surface area (TPSA) is 50.4 Å². The van der Waals surface area contributed by atoms with Crippen LogP contribution in [0, 0.1) is 5.41 Å². The Bertz CT molecular complexity index is 249. The largest absolute Gasteiger partial charge is 0.444 e. The lowest BCUT2D eigenvalue weighted by molar-refractivity contribution is 0.0480. The number of hydrogen-bond donors (Lipinski definition) is 2. The number of alkyl carbamates (subject to hydrolysis) is 1. The molecule has 1 unspecified atom stereocenters. The summed E-state index contributed by atoms with van der Waals surface area (Å²) in [6.45, 7) is 11.6. The third-order valence-electron chi connectivity index (χ3n) is 2.56. The molecule has 96 valence electrons. The van der Waals surface area contributed by atoms with Crippen LogP contribution in [0.25, 0.3) is 0 Å². The Hall–Kier alpha value is -0.480. The van der Waals surface area contributed by atoms with Crippen molar-refractivity contribution in [1.29, 1.82) is 0 Å². The van der Waals surface area contributed by atoms with E-state index in [0.717, 1.165) is 13.1 Å². The van der Waals surface area contributed by atoms with Crippen molar-refractivity contribution in [2.45, 2.75) is 46.3 Å². The summed E-state index contributed by atoms with van der Waals surface area (Å²) in [6.07, 6.45) is -0.329. The van der Waals surface area contributed by atoms with Gasteiger partial charge in [-0.2, -0.15) is 0 Å². The van der Waals surface area contributed by atoms with Crippen molar-refractivity contribution >= 4 is 18.5 Å². The molecular weight excluding hydrogens is 228 g/mol. The molecule has 0 bridgehead atoms. The molecule has 0 spiro atoms. The first-order valence-electron chi connectivity index (χ1n) is 5.41. The fourth-order valence-electron chi connectivity index (χ4n) is 1.63. The van der Waals surface area contributed by atoms with Crippen LogP contribution < -0.4 is 10.6 Å². The van der Waals surface area contributed by atoms with E-state index in [1.165, 1.54) is 0 Å². The van der Waals surface area contributed by atoms with Gasteiger partial charge in [-0.1, -0.05) is 13.8 Å². The highest BCUT2D eigenvalue weighted by atomic mass is 35.5. The molecule has 0 saturated carbocycles. The Labute approximate surface area is 104 Å². The van der Waals surface area contributed by atoms with Gasteiger partial charge in [0, 0.05) is 13.1 Å². The molecule has 1 rings (SSSR count). The van der Waals surface area contributed by atoms with Gasteiger partial charge in [0.1, 0.15) is 5.60 Å². The zero-order valence-corrected chi connectivity index (χ0v) is 11.5. The number of ether oxygens (including phenoxy) is 1. The molecule has 1 heterocycles. The summed E-state index contributed by atoms with van der Waals surface area (Å²) >= 11 is 0. The molecule has 0 aromatic heterocycles. The average molecular weight is 251 g/mol. The lowest BCUT2D eigenvalue weighted by Crippen LogP contribution is -2.46. The van der Waals surface area contributed by atoms with Crippen LogP contribution in [0.1, 0.15) is 34.6 Å². The molecule has 1 aliphatic rings. The number of carbonyl (C=O) groups excluding carboxylic acids is 1. The fourth-order valence-corrected chi connectivity index (χ4v) is 1.63. The van der Waals surface area contributed by atoms with Gasteiger partial charge in [0.15, 0.2) is 0 Å². The lowest BCUT2D eigenvalue weighted by Gasteiger charge is -2.28. The Morgan fingerprint density at radius 1 is 1.44 bits per heavy atom. The first-order valence-corrected chi connectivity index (χ1v) is 5.41. The maximum Gasteiger partial charge on any atom is 0.407 e. The molecule has 2 N–H and O–H groups in total. The first-order chi connectivity index (χ1) is 6.71. The van der Waals surface area contributed by atoms with E-state index in [-0.39, 0.29) is 30.0 Å². The third kappa shape index (κ3) is 4.58. The van der Waals surface area contributed by atoms with Gasteiger partial charge in [-0.25, -0.2) is 4.79 Å². The Morgan fingerprint density at radius 3 is 2.38 bits per heavy atom. The number of halogens is 1. The monoisotopic (exact) mass is 250 g/mol. The van der Waals surface area contributed by atoms with Crippen molar-refractivity contribution < 1.29 is 9.53 Å². The van der Waals surface area contributed by atoms with Crippen LogP contribution in [0.2, 0.25) is 0 Å². The van der Waals surface area contributed by atoms with Crippen molar-refractivity contribution in [2.24, 2.45) is 5.41 Å². The van der Waals surface area contributed by atoms with Crippen LogP contribution in [0.5, 0.6) is 0 Å². The van der Waals surface area contributed by atoms with Crippen molar-refractivity contribution in [3.05, 3.63) is 0 Å². The number of carbonyl (C=O) groups is 1. The van der Waals surface area contributed by atoms with E-state index in [2.05, 4.69) is 24.5 Å². The van der Waals surface area contributed by atoms with E-state index in [9.17, 15) is 4.79 Å². The van der Waals surface area contributed by atoms with Crippen molar-refractivity contribution in [3.8, 4) is 0 Å². The molecule has 16 heavy (non-hydrogen) atoms. The Balaban J connectivity index is 0.00000225. The Morgan fingerprint density at radius 2 is 2.00 bits per heavy atom. The van der Waals surface area contributed by atoms with E-state index >= 15 is 0 Å². The summed E-state index contributed by atoms with van der Waals surface area (Å²) in [5.41, 5.74) is -0.336. The summed E-state index contributed by atoms with van der Waals surface area (Å²) in [6, 6.07) is 0.146. The number of hydrogen-bond acceptors (Lipinski definition) is 3. The van der Waals surface area contributed by atoms with E-state index in [1.807, 2.05) is 20.8 Å². The van der Waals surface area contributed by atoms with Gasteiger partial charge in [-0.05, 0) is 26.2 Å². The van der Waals surface area contributed by atoms with Crippen molar-refractivity contribution in [2.75, 3.05) is 13.1 Å². The van der Waals surface area contributed by atoms with E-state index in [1.54, 1.807) is 0 Å². The van der Waals surface area contributed by atoms with Crippen LogP contribution in [0.15, 0.2) is 0 Å². The van der Waals surface area contributed by atoms with Gasteiger partial charge < -0.3 is 15.4 Å². The second-order valence-corrected chi connectivity index (χ2v) is 5.82. The predicted molar refractivity (Wildman–Crippen MR) is 67.1 cm³/mol. The summed E-state index contributed by atoms with van der Waals surface area (Å²) < 4.78 is 5.22. The molecule has 1 fully saturated rings. The molecule has 0 aromatic rings. The maximum atomic E-state index is 11.5. The number of nitrogens with one attached hydrogen (secondary N) is 2. The second-order valence-electron chi connectivity index (χ2n) is 5.82. The predicted octanol–water partition coefficient (Wildman–Crippen LogP) is 1.93. The highest BCUT2D eigenvalue weighted by Crippen LogP contribution is 2.24. The van der Waals surface area contributed by atoms with Crippen LogP contribution >= 0.6 is 12.4 Å². The minimum Gasteiger partial charge on any atom is -0.444 e. The molecule has 1 aliphatic heterocycles. The van der Waals surface area contributed by atoms with Crippen molar-refractivity contribution in [1.82, 2.24) is 10.6 Å². The average Bonchev–Trinajstić information content (AvgIpc) is 2.26. The van der Waals surface area contributed by atoms with E-state index in [4.69, 9.17) is 4.74 Å². The second kappa shape index (κ2) is 5.23. The molecule has 0 aromatic carbocycles. The quantitative estimate of drug-likeness (QED) is 0.748. The zero-order valence-electron chi connectivity index (χ0n) is 10.7. The highest BCUT2D eigenvalue weighted by Gasteiger charge is 2.36. The molecule has 0 radical (unpaired) electrons. The van der Waals surface area contributed by atoms with Gasteiger partial charge in [-0.15, -0.1) is 12.4 Å². The number of amides is 1. The summed E-state index contributed by atoms with van der Waals surface area (Å²) in [5, 5.41) is 6.16. The van der Waals surface area contributed by atoms with Gasteiger partial charge in [0.05, 0.1) is 6.04 Å². The molecule has 1 atom stereocenters. The SMILES string of the molecule is CC(C)(C)OC(=O)NC1CNCC1(C)C.Cl. The fraction of sp³-hybridized carbons (Fsp3) is 0.909. The summed E-state index contributed by atoms with van der Waals surface area (Å²) in [7, 11) is 0. The highest BCUT2D eigenvalue weighted by molar-refractivity contribution is 5.85. The Kier molecular flexibility index (Phi) is 5.08. The molecule has 0 aliphatic carbocycles. The smallest absolute Gasteiger partial charge is 0.407 e. The number of rotatable bonds is 1. The normalized spacial score (nSPS) is 23.4. The molecule has 5 heteroatoms. The third-order valence-corrected chi connectivity index (χ3v) is 2.56. The van der Waals surface area contributed by atoms with E-state index in [0.29, 0.717) is 0 Å². The van der Waals surface area contributed by atoms with Crippen molar-refractivity contribution in [3.63, 3.8) is 0 Å². The van der Waals surface area contributed by atoms with Crippen LogP contribution in [-0.4, -0.2) is 30.8 Å². The minimum atomic E-state index is -0.430. The molecular formula is C11H23ClN2O2. The van der Waals surface area contributed by atoms with Crippen LogP contribution in [-0.2, 0) is 4.74 Å². The van der Waals surface area contributed by atoms with Crippen LogP contribution in [0.4, 0.5) is 4.79 Å². The standard InChI is InChI=1S/C11H22N2O2.ClH/c1-10(2,3)15-9(14)13-8-6-12-7-11(8,4)5;/h8,12H,6-7H2,1-5H3,(H,13,14);1H. The minimum absolute atomic E-state index is 0. The molecule has 1 amide bonds. The summed E-state index contributed by atoms with van der Waals surface area (Å²) in [5.74, 6) is 0.